The number of hydrogen-bond donors (Lipinski definition) is 1. The summed E-state index contributed by atoms with van der Waals surface area (Å²) >= 11 is 0. The van der Waals surface area contributed by atoms with Crippen LogP contribution in [-0.4, -0.2) is 10.5 Å². The van der Waals surface area contributed by atoms with E-state index in [9.17, 15) is 4.79 Å². The van der Waals surface area contributed by atoms with E-state index < -0.39 is 0 Å². The zero-order valence-corrected chi connectivity index (χ0v) is 13.5. The van der Waals surface area contributed by atoms with Gasteiger partial charge in [-0.15, -0.1) is 0 Å². The van der Waals surface area contributed by atoms with Crippen LogP contribution >= 0.6 is 0 Å². The fraction of sp³-hybridized carbons (Fsp3) is 0.389. The lowest BCUT2D eigenvalue weighted by Crippen LogP contribution is -2.18. The molecule has 0 atom stereocenters. The Morgan fingerprint density at radius 3 is 2.00 bits per heavy atom. The number of aromatic nitrogens is 1. The standard InChI is InChI=1S/C18H24N2O/c1-12(2)14-8-6-9-15(13(3)4)17(14)19-18(21)16-10-7-11-20(16)5/h6-13H,1-5H3,(H,19,21). The molecule has 2 aromatic rings. The van der Waals surface area contributed by atoms with Gasteiger partial charge in [0, 0.05) is 18.9 Å². The molecule has 0 unspecified atom stereocenters. The molecule has 3 nitrogen and oxygen atoms in total. The highest BCUT2D eigenvalue weighted by molar-refractivity contribution is 6.04. The molecule has 0 saturated carbocycles. The highest BCUT2D eigenvalue weighted by atomic mass is 16.1. The lowest BCUT2D eigenvalue weighted by molar-refractivity contribution is 0.101. The Morgan fingerprint density at radius 2 is 1.57 bits per heavy atom. The van der Waals surface area contributed by atoms with Gasteiger partial charge in [-0.2, -0.15) is 0 Å². The molecule has 1 aromatic heterocycles. The molecule has 0 fully saturated rings. The van der Waals surface area contributed by atoms with Gasteiger partial charge in [-0.1, -0.05) is 45.9 Å². The Bertz CT molecular complexity index is 612. The van der Waals surface area contributed by atoms with E-state index in [1.54, 1.807) is 0 Å². The van der Waals surface area contributed by atoms with Crippen LogP contribution in [0.5, 0.6) is 0 Å². The van der Waals surface area contributed by atoms with Crippen molar-refractivity contribution in [2.45, 2.75) is 39.5 Å². The summed E-state index contributed by atoms with van der Waals surface area (Å²) in [5, 5.41) is 3.13. The number of aryl methyl sites for hydroxylation is 1. The number of anilines is 1. The first-order valence-electron chi connectivity index (χ1n) is 7.47. The minimum Gasteiger partial charge on any atom is -0.347 e. The predicted octanol–water partition coefficient (Wildman–Crippen LogP) is 4.52. The Balaban J connectivity index is 2.42. The van der Waals surface area contributed by atoms with E-state index in [2.05, 4.69) is 51.2 Å². The summed E-state index contributed by atoms with van der Waals surface area (Å²) in [6.07, 6.45) is 1.88. The molecule has 1 aromatic carbocycles. The van der Waals surface area contributed by atoms with Gasteiger partial charge in [0.1, 0.15) is 5.69 Å². The lowest BCUT2D eigenvalue weighted by Gasteiger charge is -2.20. The van der Waals surface area contributed by atoms with E-state index in [0.717, 1.165) is 5.69 Å². The monoisotopic (exact) mass is 284 g/mol. The summed E-state index contributed by atoms with van der Waals surface area (Å²) in [5.41, 5.74) is 4.00. The van der Waals surface area contributed by atoms with Crippen LogP contribution in [0.1, 0.15) is 61.1 Å². The van der Waals surface area contributed by atoms with Gasteiger partial charge < -0.3 is 9.88 Å². The van der Waals surface area contributed by atoms with Gasteiger partial charge in [-0.3, -0.25) is 4.79 Å². The largest absolute Gasteiger partial charge is 0.347 e. The van der Waals surface area contributed by atoms with E-state index >= 15 is 0 Å². The first-order chi connectivity index (χ1) is 9.91. The molecule has 112 valence electrons. The Labute approximate surface area is 127 Å². The Hall–Kier alpha value is -2.03. The zero-order chi connectivity index (χ0) is 15.6. The normalized spacial score (nSPS) is 11.2. The van der Waals surface area contributed by atoms with Gasteiger partial charge in [0.25, 0.3) is 5.91 Å². The molecular weight excluding hydrogens is 260 g/mol. The summed E-state index contributed by atoms with van der Waals surface area (Å²) in [7, 11) is 1.88. The number of carbonyl (C=O) groups is 1. The Morgan fingerprint density at radius 1 is 1.00 bits per heavy atom. The summed E-state index contributed by atoms with van der Waals surface area (Å²) in [6, 6.07) is 9.98. The van der Waals surface area contributed by atoms with Crippen molar-refractivity contribution >= 4 is 11.6 Å². The number of benzene rings is 1. The molecule has 0 aliphatic carbocycles. The van der Waals surface area contributed by atoms with Gasteiger partial charge in [0.05, 0.1) is 0 Å². The number of para-hydroxylation sites is 1. The molecule has 1 heterocycles. The highest BCUT2D eigenvalue weighted by Crippen LogP contribution is 2.32. The van der Waals surface area contributed by atoms with Crippen LogP contribution in [0.2, 0.25) is 0 Å². The molecule has 0 bridgehead atoms. The second-order valence-corrected chi connectivity index (χ2v) is 6.08. The van der Waals surface area contributed by atoms with Crippen LogP contribution in [0.15, 0.2) is 36.5 Å². The SMILES string of the molecule is CC(C)c1cccc(C(C)C)c1NC(=O)c1cccn1C. The maximum Gasteiger partial charge on any atom is 0.272 e. The summed E-state index contributed by atoms with van der Waals surface area (Å²) in [5.74, 6) is 0.678. The van der Waals surface area contributed by atoms with Crippen molar-refractivity contribution in [3.8, 4) is 0 Å². The first-order valence-corrected chi connectivity index (χ1v) is 7.47. The highest BCUT2D eigenvalue weighted by Gasteiger charge is 2.17. The van der Waals surface area contributed by atoms with E-state index in [1.165, 1.54) is 11.1 Å². The van der Waals surface area contributed by atoms with Crippen molar-refractivity contribution in [2.24, 2.45) is 7.05 Å². The van der Waals surface area contributed by atoms with Crippen molar-refractivity contribution in [1.82, 2.24) is 4.57 Å². The smallest absolute Gasteiger partial charge is 0.272 e. The molecule has 2 rings (SSSR count). The van der Waals surface area contributed by atoms with Gasteiger partial charge in [0.15, 0.2) is 0 Å². The second kappa shape index (κ2) is 6.17. The van der Waals surface area contributed by atoms with Crippen LogP contribution < -0.4 is 5.32 Å². The summed E-state index contributed by atoms with van der Waals surface area (Å²) in [6.45, 7) is 8.60. The van der Waals surface area contributed by atoms with Crippen molar-refractivity contribution < 1.29 is 4.79 Å². The summed E-state index contributed by atoms with van der Waals surface area (Å²) < 4.78 is 1.84. The second-order valence-electron chi connectivity index (χ2n) is 6.08. The molecule has 0 aliphatic rings. The van der Waals surface area contributed by atoms with E-state index in [-0.39, 0.29) is 5.91 Å². The van der Waals surface area contributed by atoms with Gasteiger partial charge in [-0.25, -0.2) is 0 Å². The third kappa shape index (κ3) is 3.18. The molecule has 1 N–H and O–H groups in total. The minimum atomic E-state index is -0.0579. The molecule has 3 heteroatoms. The quantitative estimate of drug-likeness (QED) is 0.879. The van der Waals surface area contributed by atoms with E-state index in [0.29, 0.717) is 17.5 Å². The number of rotatable bonds is 4. The maximum atomic E-state index is 12.5. The zero-order valence-electron chi connectivity index (χ0n) is 13.5. The van der Waals surface area contributed by atoms with Crippen molar-refractivity contribution in [3.05, 3.63) is 53.3 Å². The van der Waals surface area contributed by atoms with E-state index in [1.807, 2.05) is 29.9 Å². The Kier molecular flexibility index (Phi) is 4.51. The number of nitrogens with one attached hydrogen (secondary N) is 1. The fourth-order valence-electron chi connectivity index (χ4n) is 2.57. The van der Waals surface area contributed by atoms with Crippen molar-refractivity contribution in [1.29, 1.82) is 0 Å². The van der Waals surface area contributed by atoms with Gasteiger partial charge in [0.2, 0.25) is 0 Å². The maximum absolute atomic E-state index is 12.5. The number of amides is 1. The predicted molar refractivity (Wildman–Crippen MR) is 88.0 cm³/mol. The lowest BCUT2D eigenvalue weighted by atomic mass is 9.92. The van der Waals surface area contributed by atoms with Crippen LogP contribution in [0.3, 0.4) is 0 Å². The van der Waals surface area contributed by atoms with Crippen LogP contribution in [0, 0.1) is 0 Å². The fourth-order valence-corrected chi connectivity index (χ4v) is 2.57. The molecule has 1 amide bonds. The van der Waals surface area contributed by atoms with Gasteiger partial charge >= 0.3 is 0 Å². The third-order valence-corrected chi connectivity index (χ3v) is 3.79. The average molecular weight is 284 g/mol. The number of carbonyl (C=O) groups excluding carboxylic acids is 1. The van der Waals surface area contributed by atoms with Crippen LogP contribution in [0.25, 0.3) is 0 Å². The third-order valence-electron chi connectivity index (χ3n) is 3.79. The van der Waals surface area contributed by atoms with Crippen molar-refractivity contribution in [3.63, 3.8) is 0 Å². The molecule has 0 aliphatic heterocycles. The summed E-state index contributed by atoms with van der Waals surface area (Å²) in [4.78, 5) is 12.5. The molecule has 0 saturated heterocycles. The topological polar surface area (TPSA) is 34.0 Å². The molecule has 0 spiro atoms. The minimum absolute atomic E-state index is 0.0579. The molecule has 21 heavy (non-hydrogen) atoms. The van der Waals surface area contributed by atoms with Gasteiger partial charge in [-0.05, 0) is 35.1 Å². The molecular formula is C18H24N2O. The molecule has 0 radical (unpaired) electrons. The number of nitrogens with zero attached hydrogens (tertiary/aromatic N) is 1. The van der Waals surface area contributed by atoms with E-state index in [4.69, 9.17) is 0 Å². The number of hydrogen-bond acceptors (Lipinski definition) is 1. The average Bonchev–Trinajstić information content (AvgIpc) is 2.84. The first kappa shape index (κ1) is 15.4. The van der Waals surface area contributed by atoms with Crippen molar-refractivity contribution in [2.75, 3.05) is 5.32 Å². The van der Waals surface area contributed by atoms with Crippen LogP contribution in [0.4, 0.5) is 5.69 Å². The van der Waals surface area contributed by atoms with Crippen LogP contribution in [-0.2, 0) is 7.05 Å².